The molecule has 1 aromatic heterocycles. The third-order valence-corrected chi connectivity index (χ3v) is 3.36. The van der Waals surface area contributed by atoms with Gasteiger partial charge in [0.05, 0.1) is 17.0 Å². The van der Waals surface area contributed by atoms with Gasteiger partial charge in [-0.25, -0.2) is 0 Å². The molecule has 0 spiro atoms. The van der Waals surface area contributed by atoms with Gasteiger partial charge in [-0.2, -0.15) is 10.2 Å². The van der Waals surface area contributed by atoms with Crippen molar-refractivity contribution >= 4 is 17.3 Å². The lowest BCUT2D eigenvalue weighted by Gasteiger charge is -2.10. The molecule has 21 heavy (non-hydrogen) atoms. The van der Waals surface area contributed by atoms with Gasteiger partial charge >= 0.3 is 0 Å². The van der Waals surface area contributed by atoms with Crippen LogP contribution in [0.25, 0.3) is 0 Å². The molecule has 110 valence electrons. The average Bonchev–Trinajstić information content (AvgIpc) is 2.47. The fraction of sp³-hybridized carbons (Fsp3) is 0.312. The number of aryl methyl sites for hydroxylation is 3. The maximum absolute atomic E-state index is 12.4. The quantitative estimate of drug-likeness (QED) is 0.846. The fourth-order valence-electron chi connectivity index (χ4n) is 2.17. The Balaban J connectivity index is 2.26. The SMILES string of the molecule is CCc1ccc(NC(=O)c2cc(C)nnc2CC)cc1N. The summed E-state index contributed by atoms with van der Waals surface area (Å²) in [5.74, 6) is -0.187. The molecule has 1 heterocycles. The number of nitrogen functional groups attached to an aromatic ring is 1. The number of carbonyl (C=O) groups excluding carboxylic acids is 1. The number of amides is 1. The van der Waals surface area contributed by atoms with Crippen LogP contribution in [0.1, 0.15) is 41.2 Å². The average molecular weight is 284 g/mol. The summed E-state index contributed by atoms with van der Waals surface area (Å²) < 4.78 is 0. The van der Waals surface area contributed by atoms with Crippen molar-refractivity contribution in [2.45, 2.75) is 33.6 Å². The molecule has 0 saturated carbocycles. The topological polar surface area (TPSA) is 80.9 Å². The Morgan fingerprint density at radius 2 is 1.95 bits per heavy atom. The van der Waals surface area contributed by atoms with Crippen LogP contribution in [0.5, 0.6) is 0 Å². The van der Waals surface area contributed by atoms with Gasteiger partial charge in [-0.3, -0.25) is 4.79 Å². The van der Waals surface area contributed by atoms with Crippen LogP contribution in [-0.4, -0.2) is 16.1 Å². The number of nitrogens with zero attached hydrogens (tertiary/aromatic N) is 2. The van der Waals surface area contributed by atoms with Gasteiger partial charge in [0.2, 0.25) is 0 Å². The molecule has 3 N–H and O–H groups in total. The zero-order chi connectivity index (χ0) is 15.4. The summed E-state index contributed by atoms with van der Waals surface area (Å²) in [6.07, 6.45) is 1.53. The van der Waals surface area contributed by atoms with Gasteiger partial charge in [0.15, 0.2) is 0 Å². The standard InChI is InChI=1S/C16H20N4O/c1-4-11-6-7-12(9-14(11)17)18-16(21)13-8-10(3)19-20-15(13)5-2/h6-9H,4-5,17H2,1-3H3,(H,18,21). The van der Waals surface area contributed by atoms with Crippen LogP contribution < -0.4 is 11.1 Å². The number of aromatic nitrogens is 2. The summed E-state index contributed by atoms with van der Waals surface area (Å²) in [6.45, 7) is 5.81. The van der Waals surface area contributed by atoms with E-state index in [4.69, 9.17) is 5.73 Å². The molecular formula is C16H20N4O. The van der Waals surface area contributed by atoms with Crippen molar-refractivity contribution in [1.29, 1.82) is 0 Å². The highest BCUT2D eigenvalue weighted by atomic mass is 16.1. The Bertz CT molecular complexity index is 667. The van der Waals surface area contributed by atoms with Crippen molar-refractivity contribution in [2.75, 3.05) is 11.1 Å². The molecule has 0 aliphatic heterocycles. The summed E-state index contributed by atoms with van der Waals surface area (Å²) in [4.78, 5) is 12.4. The first-order valence-corrected chi connectivity index (χ1v) is 7.08. The summed E-state index contributed by atoms with van der Waals surface area (Å²) in [7, 11) is 0. The van der Waals surface area contributed by atoms with Gasteiger partial charge < -0.3 is 11.1 Å². The molecular weight excluding hydrogens is 264 g/mol. The largest absolute Gasteiger partial charge is 0.398 e. The van der Waals surface area contributed by atoms with Crippen LogP contribution in [0.4, 0.5) is 11.4 Å². The lowest BCUT2D eigenvalue weighted by Crippen LogP contribution is -2.16. The fourth-order valence-corrected chi connectivity index (χ4v) is 2.17. The lowest BCUT2D eigenvalue weighted by atomic mass is 10.1. The van der Waals surface area contributed by atoms with E-state index < -0.39 is 0 Å². The van der Waals surface area contributed by atoms with Crippen LogP contribution in [-0.2, 0) is 12.8 Å². The third-order valence-electron chi connectivity index (χ3n) is 3.36. The molecule has 0 aliphatic rings. The number of hydrogen-bond acceptors (Lipinski definition) is 4. The highest BCUT2D eigenvalue weighted by molar-refractivity contribution is 6.05. The number of carbonyl (C=O) groups is 1. The molecule has 1 aromatic carbocycles. The van der Waals surface area contributed by atoms with E-state index in [1.54, 1.807) is 12.1 Å². The van der Waals surface area contributed by atoms with Crippen LogP contribution in [0.2, 0.25) is 0 Å². The monoisotopic (exact) mass is 284 g/mol. The van der Waals surface area contributed by atoms with E-state index in [2.05, 4.69) is 15.5 Å². The van der Waals surface area contributed by atoms with Gasteiger partial charge in [0, 0.05) is 11.4 Å². The van der Waals surface area contributed by atoms with Crippen LogP contribution in [0.15, 0.2) is 24.3 Å². The highest BCUT2D eigenvalue weighted by Gasteiger charge is 2.13. The Kier molecular flexibility index (Phi) is 4.52. The van der Waals surface area contributed by atoms with E-state index in [1.165, 1.54) is 0 Å². The molecule has 0 aliphatic carbocycles. The predicted molar refractivity (Wildman–Crippen MR) is 84.3 cm³/mol. The van der Waals surface area contributed by atoms with Crippen molar-refractivity contribution in [1.82, 2.24) is 10.2 Å². The zero-order valence-electron chi connectivity index (χ0n) is 12.6. The maximum atomic E-state index is 12.4. The van der Waals surface area contributed by atoms with E-state index in [1.807, 2.05) is 32.9 Å². The summed E-state index contributed by atoms with van der Waals surface area (Å²) in [5.41, 5.74) is 10.4. The molecule has 0 bridgehead atoms. The first kappa shape index (κ1) is 15.0. The minimum absolute atomic E-state index is 0.187. The Morgan fingerprint density at radius 1 is 1.19 bits per heavy atom. The first-order chi connectivity index (χ1) is 10.0. The molecule has 5 nitrogen and oxygen atoms in total. The second-order valence-electron chi connectivity index (χ2n) is 4.92. The first-order valence-electron chi connectivity index (χ1n) is 7.08. The van der Waals surface area contributed by atoms with Crippen molar-refractivity contribution in [3.63, 3.8) is 0 Å². The molecule has 0 radical (unpaired) electrons. The lowest BCUT2D eigenvalue weighted by molar-refractivity contribution is 0.102. The number of nitrogens with two attached hydrogens (primary N) is 1. The zero-order valence-corrected chi connectivity index (χ0v) is 12.6. The van der Waals surface area contributed by atoms with Crippen molar-refractivity contribution in [3.05, 3.63) is 46.8 Å². The number of anilines is 2. The van der Waals surface area contributed by atoms with Gasteiger partial charge in [-0.05, 0) is 43.5 Å². The van der Waals surface area contributed by atoms with Crippen molar-refractivity contribution in [3.8, 4) is 0 Å². The number of rotatable bonds is 4. The van der Waals surface area contributed by atoms with Gasteiger partial charge in [-0.15, -0.1) is 0 Å². The van der Waals surface area contributed by atoms with Crippen LogP contribution >= 0.6 is 0 Å². The van der Waals surface area contributed by atoms with E-state index in [0.29, 0.717) is 29.1 Å². The second-order valence-corrected chi connectivity index (χ2v) is 4.92. The molecule has 0 atom stereocenters. The number of nitrogens with one attached hydrogen (secondary N) is 1. The highest BCUT2D eigenvalue weighted by Crippen LogP contribution is 2.19. The van der Waals surface area contributed by atoms with E-state index >= 15 is 0 Å². The molecule has 0 saturated heterocycles. The summed E-state index contributed by atoms with van der Waals surface area (Å²) in [6, 6.07) is 7.33. The Hall–Kier alpha value is -2.43. The molecule has 1 amide bonds. The van der Waals surface area contributed by atoms with Crippen molar-refractivity contribution in [2.24, 2.45) is 0 Å². The van der Waals surface area contributed by atoms with Gasteiger partial charge in [0.1, 0.15) is 0 Å². The molecule has 2 rings (SSSR count). The minimum Gasteiger partial charge on any atom is -0.398 e. The van der Waals surface area contributed by atoms with Crippen LogP contribution in [0.3, 0.4) is 0 Å². The van der Waals surface area contributed by atoms with Gasteiger partial charge in [-0.1, -0.05) is 19.9 Å². The normalized spacial score (nSPS) is 10.4. The van der Waals surface area contributed by atoms with E-state index in [9.17, 15) is 4.79 Å². The maximum Gasteiger partial charge on any atom is 0.257 e. The van der Waals surface area contributed by atoms with Crippen LogP contribution in [0, 0.1) is 6.92 Å². The third kappa shape index (κ3) is 3.37. The summed E-state index contributed by atoms with van der Waals surface area (Å²) in [5, 5.41) is 10.9. The van der Waals surface area contributed by atoms with Gasteiger partial charge in [0.25, 0.3) is 5.91 Å². The Labute approximate surface area is 124 Å². The smallest absolute Gasteiger partial charge is 0.257 e. The molecule has 0 unspecified atom stereocenters. The minimum atomic E-state index is -0.187. The molecule has 5 heteroatoms. The number of benzene rings is 1. The second kappa shape index (κ2) is 6.35. The molecule has 2 aromatic rings. The number of hydrogen-bond donors (Lipinski definition) is 2. The Morgan fingerprint density at radius 3 is 2.57 bits per heavy atom. The van der Waals surface area contributed by atoms with E-state index in [0.717, 1.165) is 17.7 Å². The molecule has 0 fully saturated rings. The van der Waals surface area contributed by atoms with Crippen molar-refractivity contribution < 1.29 is 4.79 Å². The predicted octanol–water partition coefficient (Wildman–Crippen LogP) is 2.74. The van der Waals surface area contributed by atoms with E-state index in [-0.39, 0.29) is 5.91 Å². The summed E-state index contributed by atoms with van der Waals surface area (Å²) >= 11 is 0.